The molecule has 1 aromatic rings. The molecule has 2 rings (SSSR count). The topological polar surface area (TPSA) is 71.8 Å². The van der Waals surface area contributed by atoms with Gasteiger partial charge in [0, 0.05) is 17.9 Å². The molecular formula is C9H14BNO4. The van der Waals surface area contributed by atoms with Crippen LogP contribution in [0.15, 0.2) is 24.5 Å². The van der Waals surface area contributed by atoms with Crippen LogP contribution < -0.4 is 5.46 Å². The lowest BCUT2D eigenvalue weighted by molar-refractivity contribution is -0.0334. The van der Waals surface area contributed by atoms with Crippen LogP contribution in [0.2, 0.25) is 0 Å². The van der Waals surface area contributed by atoms with Gasteiger partial charge in [0.25, 0.3) is 0 Å². The number of hydrogen-bond acceptors (Lipinski definition) is 5. The first kappa shape index (κ1) is 12.1. The zero-order valence-corrected chi connectivity index (χ0v) is 8.37. The van der Waals surface area contributed by atoms with Crippen molar-refractivity contribution < 1.29 is 19.5 Å². The third kappa shape index (κ3) is 5.49. The Morgan fingerprint density at radius 2 is 1.73 bits per heavy atom. The van der Waals surface area contributed by atoms with Gasteiger partial charge < -0.3 is 19.5 Å². The molecule has 1 saturated heterocycles. The fraction of sp³-hybridized carbons (Fsp3) is 0.444. The summed E-state index contributed by atoms with van der Waals surface area (Å²) in [6.07, 6.45) is 2.98. The molecule has 6 heteroatoms. The fourth-order valence-electron chi connectivity index (χ4n) is 0.969. The standard InChI is InChI=1S/C5H6BNO2.C4H8O2/c8-6(9)5-2-1-3-7-4-5;1-2-6-4-3-5-1/h1-4,8-9H;1-4H2. The van der Waals surface area contributed by atoms with Gasteiger partial charge in [-0.3, -0.25) is 4.98 Å². The van der Waals surface area contributed by atoms with E-state index in [-0.39, 0.29) is 0 Å². The molecule has 0 saturated carbocycles. The molecule has 1 aromatic heterocycles. The van der Waals surface area contributed by atoms with E-state index in [4.69, 9.17) is 19.5 Å². The molecule has 15 heavy (non-hydrogen) atoms. The van der Waals surface area contributed by atoms with Crippen LogP contribution in [0.1, 0.15) is 0 Å². The van der Waals surface area contributed by atoms with Crippen molar-refractivity contribution in [3.8, 4) is 0 Å². The zero-order chi connectivity index (χ0) is 10.9. The molecule has 82 valence electrons. The minimum Gasteiger partial charge on any atom is -0.423 e. The summed E-state index contributed by atoms with van der Waals surface area (Å²) in [5.74, 6) is 0. The van der Waals surface area contributed by atoms with Gasteiger partial charge in [-0.05, 0) is 6.07 Å². The van der Waals surface area contributed by atoms with E-state index in [1.807, 2.05) is 0 Å². The molecule has 0 amide bonds. The van der Waals surface area contributed by atoms with Crippen molar-refractivity contribution in [3.63, 3.8) is 0 Å². The highest BCUT2D eigenvalue weighted by atomic mass is 16.6. The van der Waals surface area contributed by atoms with Crippen molar-refractivity contribution in [2.75, 3.05) is 26.4 Å². The molecule has 0 atom stereocenters. The average Bonchev–Trinajstić information content (AvgIpc) is 2.33. The Labute approximate surface area is 88.8 Å². The predicted molar refractivity (Wildman–Crippen MR) is 55.7 cm³/mol. The number of hydrogen-bond donors (Lipinski definition) is 2. The predicted octanol–water partition coefficient (Wildman–Crippen LogP) is -1.21. The Bertz CT molecular complexity index is 242. The van der Waals surface area contributed by atoms with E-state index in [2.05, 4.69) is 4.98 Å². The smallest absolute Gasteiger partial charge is 0.423 e. The molecular weight excluding hydrogens is 197 g/mol. The summed E-state index contributed by atoms with van der Waals surface area (Å²) in [5, 5.41) is 17.1. The number of ether oxygens (including phenoxy) is 2. The van der Waals surface area contributed by atoms with Crippen molar-refractivity contribution in [3.05, 3.63) is 24.5 Å². The van der Waals surface area contributed by atoms with Crippen molar-refractivity contribution >= 4 is 12.6 Å². The van der Waals surface area contributed by atoms with Crippen molar-refractivity contribution in [2.45, 2.75) is 0 Å². The second kappa shape index (κ2) is 7.36. The summed E-state index contributed by atoms with van der Waals surface area (Å²) in [7, 11) is -1.40. The van der Waals surface area contributed by atoms with Crippen molar-refractivity contribution in [1.29, 1.82) is 0 Å². The first-order chi connectivity index (χ1) is 7.30. The summed E-state index contributed by atoms with van der Waals surface area (Å²) in [6, 6.07) is 3.24. The van der Waals surface area contributed by atoms with Crippen LogP contribution in [-0.2, 0) is 9.47 Å². The lowest BCUT2D eigenvalue weighted by atomic mass is 9.82. The molecule has 0 aromatic carbocycles. The highest BCUT2D eigenvalue weighted by Gasteiger charge is 2.08. The lowest BCUT2D eigenvalue weighted by Gasteiger charge is -2.09. The molecule has 0 aliphatic carbocycles. The van der Waals surface area contributed by atoms with Crippen LogP contribution in [0, 0.1) is 0 Å². The Morgan fingerprint density at radius 1 is 1.13 bits per heavy atom. The number of nitrogens with zero attached hydrogens (tertiary/aromatic N) is 1. The van der Waals surface area contributed by atoms with Gasteiger partial charge in [-0.25, -0.2) is 0 Å². The molecule has 0 unspecified atom stereocenters. The largest absolute Gasteiger partial charge is 0.490 e. The van der Waals surface area contributed by atoms with Gasteiger partial charge in [0.05, 0.1) is 26.4 Å². The van der Waals surface area contributed by atoms with E-state index >= 15 is 0 Å². The Kier molecular flexibility index (Phi) is 5.95. The molecule has 2 N–H and O–H groups in total. The molecule has 0 radical (unpaired) electrons. The molecule has 1 aliphatic heterocycles. The van der Waals surface area contributed by atoms with Gasteiger partial charge in [-0.2, -0.15) is 0 Å². The SMILES string of the molecule is C1COCCO1.OB(O)c1cccnc1. The molecule has 0 bridgehead atoms. The van der Waals surface area contributed by atoms with Gasteiger partial charge in [0.1, 0.15) is 0 Å². The van der Waals surface area contributed by atoms with Gasteiger partial charge in [-0.1, -0.05) is 6.07 Å². The van der Waals surface area contributed by atoms with Crippen LogP contribution in [0.3, 0.4) is 0 Å². The molecule has 5 nitrogen and oxygen atoms in total. The maximum atomic E-state index is 8.54. The first-order valence-corrected chi connectivity index (χ1v) is 4.72. The van der Waals surface area contributed by atoms with Gasteiger partial charge in [0.2, 0.25) is 0 Å². The summed E-state index contributed by atoms with van der Waals surface area (Å²) < 4.78 is 9.89. The maximum absolute atomic E-state index is 8.54. The van der Waals surface area contributed by atoms with Crippen LogP contribution in [0.25, 0.3) is 0 Å². The van der Waals surface area contributed by atoms with Crippen LogP contribution in [-0.4, -0.2) is 48.6 Å². The Balaban J connectivity index is 0.000000162. The normalized spacial score (nSPS) is 15.1. The van der Waals surface area contributed by atoms with E-state index in [1.54, 1.807) is 18.3 Å². The van der Waals surface area contributed by atoms with Crippen LogP contribution in [0.4, 0.5) is 0 Å². The molecule has 2 heterocycles. The average molecular weight is 211 g/mol. The fourth-order valence-corrected chi connectivity index (χ4v) is 0.969. The van der Waals surface area contributed by atoms with E-state index < -0.39 is 7.12 Å². The van der Waals surface area contributed by atoms with E-state index in [0.717, 1.165) is 26.4 Å². The van der Waals surface area contributed by atoms with Crippen LogP contribution >= 0.6 is 0 Å². The first-order valence-electron chi connectivity index (χ1n) is 4.72. The summed E-state index contributed by atoms with van der Waals surface area (Å²) >= 11 is 0. The maximum Gasteiger partial charge on any atom is 0.490 e. The Morgan fingerprint density at radius 3 is 2.00 bits per heavy atom. The quantitative estimate of drug-likeness (QED) is 0.570. The monoisotopic (exact) mass is 211 g/mol. The third-order valence-electron chi connectivity index (χ3n) is 1.73. The number of pyridine rings is 1. The second-order valence-corrected chi connectivity index (χ2v) is 2.88. The highest BCUT2D eigenvalue weighted by molar-refractivity contribution is 6.58. The minimum atomic E-state index is -1.40. The molecule has 1 aliphatic rings. The van der Waals surface area contributed by atoms with Gasteiger partial charge in [0.15, 0.2) is 0 Å². The summed E-state index contributed by atoms with van der Waals surface area (Å²) in [4.78, 5) is 3.69. The van der Waals surface area contributed by atoms with E-state index in [1.165, 1.54) is 6.20 Å². The van der Waals surface area contributed by atoms with Crippen molar-refractivity contribution in [2.24, 2.45) is 0 Å². The van der Waals surface area contributed by atoms with Gasteiger partial charge in [-0.15, -0.1) is 0 Å². The molecule has 1 fully saturated rings. The third-order valence-corrected chi connectivity index (χ3v) is 1.73. The zero-order valence-electron chi connectivity index (χ0n) is 8.37. The minimum absolute atomic E-state index is 0.414. The van der Waals surface area contributed by atoms with Crippen molar-refractivity contribution in [1.82, 2.24) is 4.98 Å². The summed E-state index contributed by atoms with van der Waals surface area (Å²) in [5.41, 5.74) is 0.414. The van der Waals surface area contributed by atoms with E-state index in [0.29, 0.717) is 5.46 Å². The summed E-state index contributed by atoms with van der Waals surface area (Å²) in [6.45, 7) is 3.11. The lowest BCUT2D eigenvalue weighted by Crippen LogP contribution is -2.29. The van der Waals surface area contributed by atoms with Gasteiger partial charge >= 0.3 is 7.12 Å². The molecule has 0 spiro atoms. The highest BCUT2D eigenvalue weighted by Crippen LogP contribution is 1.85. The number of rotatable bonds is 1. The van der Waals surface area contributed by atoms with Crippen LogP contribution in [0.5, 0.6) is 0 Å². The van der Waals surface area contributed by atoms with E-state index in [9.17, 15) is 0 Å². The Hall–Kier alpha value is -0.945. The second-order valence-electron chi connectivity index (χ2n) is 2.88. The number of aromatic nitrogens is 1.